The third-order valence-electron chi connectivity index (χ3n) is 10.8. The molecule has 6 aromatic carbocycles. The quantitative estimate of drug-likeness (QED) is 0.173. The molecule has 4 nitrogen and oxygen atoms in total. The maximum atomic E-state index is 6.87. The van der Waals surface area contributed by atoms with Crippen molar-refractivity contribution < 1.29 is 4.74 Å². The lowest BCUT2D eigenvalue weighted by Crippen LogP contribution is -2.21. The number of thiophene rings is 1. The average Bonchev–Trinajstić information content (AvgIpc) is 3.79. The standard InChI is InChI=1S/C47H31N3OS/c1-2-12-28(13-3-1)45-48-46(50-47(49-45)39-26-29-14-4-5-15-31(29)33-16-6-7-17-34(33)39)38-21-11-22-40-43(38)37-20-10-19-32(44(37)51-40)30-24-25-36-35-18-8-9-23-41(35)52-42(36)27-30/h1-12,14-28,40,43H,13H2. The van der Waals surface area contributed by atoms with Crippen LogP contribution in [0.3, 0.4) is 0 Å². The summed E-state index contributed by atoms with van der Waals surface area (Å²) in [7, 11) is 0. The maximum Gasteiger partial charge on any atom is 0.164 e. The lowest BCUT2D eigenvalue weighted by atomic mass is 9.83. The summed E-state index contributed by atoms with van der Waals surface area (Å²) in [5, 5.41) is 7.32. The molecule has 3 heterocycles. The van der Waals surface area contributed by atoms with Gasteiger partial charge in [-0.05, 0) is 57.8 Å². The van der Waals surface area contributed by atoms with Crippen molar-refractivity contribution in [3.63, 3.8) is 0 Å². The van der Waals surface area contributed by atoms with E-state index in [1.54, 1.807) is 0 Å². The predicted molar refractivity (Wildman–Crippen MR) is 215 cm³/mol. The van der Waals surface area contributed by atoms with E-state index in [9.17, 15) is 0 Å². The Morgan fingerprint density at radius 3 is 2.31 bits per heavy atom. The van der Waals surface area contributed by atoms with Gasteiger partial charge < -0.3 is 4.74 Å². The molecule has 0 amide bonds. The molecule has 11 rings (SSSR count). The van der Waals surface area contributed by atoms with Crippen molar-refractivity contribution in [2.45, 2.75) is 24.4 Å². The summed E-state index contributed by atoms with van der Waals surface area (Å²) < 4.78 is 9.46. The van der Waals surface area contributed by atoms with Crippen LogP contribution in [0.5, 0.6) is 5.75 Å². The average molecular weight is 686 g/mol. The van der Waals surface area contributed by atoms with Gasteiger partial charge in [0.25, 0.3) is 0 Å². The summed E-state index contributed by atoms with van der Waals surface area (Å²) in [5.41, 5.74) is 5.50. The molecule has 2 aromatic heterocycles. The lowest BCUT2D eigenvalue weighted by molar-refractivity contribution is 0.272. The fourth-order valence-corrected chi connectivity index (χ4v) is 9.48. The van der Waals surface area contributed by atoms with Gasteiger partial charge in [-0.3, -0.25) is 0 Å². The molecule has 3 atom stereocenters. The van der Waals surface area contributed by atoms with Crippen LogP contribution in [0.2, 0.25) is 0 Å². The van der Waals surface area contributed by atoms with Gasteiger partial charge in [0, 0.05) is 48.4 Å². The summed E-state index contributed by atoms with van der Waals surface area (Å²) in [6.07, 6.45) is 15.7. The largest absolute Gasteiger partial charge is 0.484 e. The van der Waals surface area contributed by atoms with E-state index in [1.165, 1.54) is 36.3 Å². The van der Waals surface area contributed by atoms with E-state index in [0.29, 0.717) is 11.6 Å². The molecule has 52 heavy (non-hydrogen) atoms. The molecule has 246 valence electrons. The number of benzene rings is 6. The highest BCUT2D eigenvalue weighted by Gasteiger charge is 2.40. The molecule has 3 aliphatic rings. The first-order valence-corrected chi connectivity index (χ1v) is 18.7. The van der Waals surface area contributed by atoms with E-state index in [4.69, 9.17) is 19.7 Å². The van der Waals surface area contributed by atoms with Gasteiger partial charge >= 0.3 is 0 Å². The van der Waals surface area contributed by atoms with Crippen LogP contribution in [0.1, 0.15) is 35.5 Å². The van der Waals surface area contributed by atoms with Gasteiger partial charge in [0.1, 0.15) is 17.7 Å². The molecule has 0 N–H and O–H groups in total. The molecule has 8 aromatic rings. The monoisotopic (exact) mass is 685 g/mol. The Kier molecular flexibility index (Phi) is 6.64. The third-order valence-corrected chi connectivity index (χ3v) is 11.9. The molecule has 0 radical (unpaired) electrons. The Hall–Kier alpha value is -6.17. The maximum absolute atomic E-state index is 6.87. The van der Waals surface area contributed by atoms with Crippen LogP contribution < -0.4 is 4.74 Å². The first-order valence-electron chi connectivity index (χ1n) is 17.9. The molecule has 3 unspecified atom stereocenters. The highest BCUT2D eigenvalue weighted by Crippen LogP contribution is 2.51. The van der Waals surface area contributed by atoms with E-state index in [-0.39, 0.29) is 17.9 Å². The van der Waals surface area contributed by atoms with Gasteiger partial charge in [0.15, 0.2) is 11.6 Å². The Morgan fingerprint density at radius 2 is 1.40 bits per heavy atom. The SMILES string of the molecule is C1=CCC(c2nc(C3=CC=CC4Oc5c(-c6ccc7c(c6)sc6ccccc67)cccc5C34)nc(-c3cc4ccccc4c4ccccc34)n2)C=C1. The smallest absolute Gasteiger partial charge is 0.164 e. The topological polar surface area (TPSA) is 47.9 Å². The minimum Gasteiger partial charge on any atom is -0.484 e. The number of rotatable bonds is 4. The van der Waals surface area contributed by atoms with Crippen molar-refractivity contribution in [3.8, 4) is 28.3 Å². The van der Waals surface area contributed by atoms with Gasteiger partial charge in [-0.1, -0.05) is 134 Å². The lowest BCUT2D eigenvalue weighted by Gasteiger charge is -2.23. The van der Waals surface area contributed by atoms with E-state index in [2.05, 4.69) is 158 Å². The van der Waals surface area contributed by atoms with Crippen LogP contribution in [-0.2, 0) is 0 Å². The van der Waals surface area contributed by atoms with Crippen LogP contribution in [0.15, 0.2) is 158 Å². The first-order chi connectivity index (χ1) is 25.8. The van der Waals surface area contributed by atoms with Crippen LogP contribution in [0, 0.1) is 0 Å². The zero-order valence-corrected chi connectivity index (χ0v) is 28.9. The predicted octanol–water partition coefficient (Wildman–Crippen LogP) is 12.0. The van der Waals surface area contributed by atoms with Gasteiger partial charge in [-0.2, -0.15) is 0 Å². The summed E-state index contributed by atoms with van der Waals surface area (Å²) >= 11 is 1.84. The van der Waals surface area contributed by atoms with Gasteiger partial charge in [-0.15, -0.1) is 11.3 Å². The number of para-hydroxylation sites is 1. The second-order valence-electron chi connectivity index (χ2n) is 13.8. The second-order valence-corrected chi connectivity index (χ2v) is 14.9. The molecular formula is C47H31N3OS. The number of aromatic nitrogens is 3. The van der Waals surface area contributed by atoms with Crippen LogP contribution in [0.4, 0.5) is 0 Å². The zero-order chi connectivity index (χ0) is 34.2. The molecule has 0 bridgehead atoms. The minimum atomic E-state index is -0.160. The molecule has 0 saturated heterocycles. The summed E-state index contributed by atoms with van der Waals surface area (Å²) in [5.74, 6) is 3.14. The zero-order valence-electron chi connectivity index (χ0n) is 28.1. The van der Waals surface area contributed by atoms with Crippen molar-refractivity contribution in [3.05, 3.63) is 175 Å². The molecule has 0 fully saturated rings. The van der Waals surface area contributed by atoms with Gasteiger partial charge in [0.05, 0.1) is 5.92 Å². The molecular weight excluding hydrogens is 655 g/mol. The van der Waals surface area contributed by atoms with Gasteiger partial charge in [-0.25, -0.2) is 15.0 Å². The highest BCUT2D eigenvalue weighted by atomic mass is 32.1. The summed E-state index contributed by atoms with van der Waals surface area (Å²) in [6.45, 7) is 0. The van der Waals surface area contributed by atoms with Crippen molar-refractivity contribution in [1.29, 1.82) is 0 Å². The Morgan fingerprint density at radius 1 is 0.596 bits per heavy atom. The third kappa shape index (κ3) is 4.63. The van der Waals surface area contributed by atoms with E-state index >= 15 is 0 Å². The number of hydrogen-bond acceptors (Lipinski definition) is 5. The Balaban J connectivity index is 1.06. The Labute approximate surface area is 304 Å². The molecule has 0 spiro atoms. The van der Waals surface area contributed by atoms with Gasteiger partial charge in [0.2, 0.25) is 0 Å². The van der Waals surface area contributed by atoms with Crippen molar-refractivity contribution in [2.24, 2.45) is 0 Å². The fourth-order valence-electron chi connectivity index (χ4n) is 8.33. The molecule has 5 heteroatoms. The summed E-state index contributed by atoms with van der Waals surface area (Å²) in [6, 6.07) is 41.4. The van der Waals surface area contributed by atoms with Crippen molar-refractivity contribution in [1.82, 2.24) is 15.0 Å². The molecule has 2 aliphatic carbocycles. The fraction of sp³-hybridized carbons (Fsp3) is 0.0851. The minimum absolute atomic E-state index is 0.0498. The first kappa shape index (κ1) is 29.5. The second kappa shape index (κ2) is 11.7. The van der Waals surface area contributed by atoms with E-state index in [0.717, 1.165) is 51.2 Å². The number of hydrogen-bond donors (Lipinski definition) is 0. The van der Waals surface area contributed by atoms with E-state index in [1.807, 2.05) is 11.3 Å². The Bertz CT molecular complexity index is 2900. The molecule has 1 aliphatic heterocycles. The van der Waals surface area contributed by atoms with Crippen LogP contribution in [0.25, 0.3) is 69.8 Å². The number of ether oxygens (including phenoxy) is 1. The normalized spacial score (nSPS) is 18.9. The molecule has 0 saturated carbocycles. The van der Waals surface area contributed by atoms with Crippen LogP contribution >= 0.6 is 11.3 Å². The summed E-state index contributed by atoms with van der Waals surface area (Å²) in [4.78, 5) is 15.8. The van der Waals surface area contributed by atoms with Crippen molar-refractivity contribution >= 4 is 58.6 Å². The highest BCUT2D eigenvalue weighted by molar-refractivity contribution is 7.25. The number of allylic oxidation sites excluding steroid dienone is 6. The number of nitrogens with zero attached hydrogens (tertiary/aromatic N) is 3. The number of fused-ring (bicyclic) bond motifs is 9. The van der Waals surface area contributed by atoms with Crippen molar-refractivity contribution in [2.75, 3.05) is 0 Å². The van der Waals surface area contributed by atoms with Crippen LogP contribution in [-0.4, -0.2) is 21.1 Å². The van der Waals surface area contributed by atoms with E-state index < -0.39 is 0 Å².